The number of rotatable bonds is 2. The molecule has 2 rings (SSSR count). The SMILES string of the molecule is CC(N)c1cnc(C2CCCN2)s1. The van der Waals surface area contributed by atoms with Crippen molar-refractivity contribution in [2.24, 2.45) is 5.73 Å². The number of nitrogens with zero attached hydrogens (tertiary/aromatic N) is 1. The normalized spacial score (nSPS) is 24.9. The molecule has 0 aromatic carbocycles. The van der Waals surface area contributed by atoms with E-state index in [0.717, 1.165) is 6.54 Å². The molecule has 2 unspecified atom stereocenters. The molecule has 2 heterocycles. The van der Waals surface area contributed by atoms with E-state index in [-0.39, 0.29) is 6.04 Å². The summed E-state index contributed by atoms with van der Waals surface area (Å²) < 4.78 is 0. The fourth-order valence-corrected chi connectivity index (χ4v) is 2.55. The van der Waals surface area contributed by atoms with E-state index in [9.17, 15) is 0 Å². The average molecular weight is 197 g/mol. The van der Waals surface area contributed by atoms with Crippen molar-refractivity contribution in [3.8, 4) is 0 Å². The lowest BCUT2D eigenvalue weighted by Gasteiger charge is -2.04. The molecule has 0 amide bonds. The summed E-state index contributed by atoms with van der Waals surface area (Å²) in [4.78, 5) is 5.58. The van der Waals surface area contributed by atoms with Gasteiger partial charge >= 0.3 is 0 Å². The minimum absolute atomic E-state index is 0.118. The average Bonchev–Trinajstić information content (AvgIpc) is 2.75. The van der Waals surface area contributed by atoms with Crippen LogP contribution in [0.1, 0.15) is 41.7 Å². The minimum Gasteiger partial charge on any atom is -0.323 e. The van der Waals surface area contributed by atoms with Crippen LogP contribution in [0.5, 0.6) is 0 Å². The third-order valence-electron chi connectivity index (χ3n) is 2.35. The van der Waals surface area contributed by atoms with E-state index in [0.29, 0.717) is 6.04 Å². The topological polar surface area (TPSA) is 50.9 Å². The van der Waals surface area contributed by atoms with Crippen LogP contribution in [0.25, 0.3) is 0 Å². The van der Waals surface area contributed by atoms with Crippen molar-refractivity contribution in [2.75, 3.05) is 6.54 Å². The van der Waals surface area contributed by atoms with Gasteiger partial charge in [-0.1, -0.05) is 0 Å². The second kappa shape index (κ2) is 3.74. The van der Waals surface area contributed by atoms with Gasteiger partial charge in [0.2, 0.25) is 0 Å². The first-order chi connectivity index (χ1) is 6.27. The Morgan fingerprint density at radius 3 is 3.15 bits per heavy atom. The van der Waals surface area contributed by atoms with Crippen LogP contribution in [0.3, 0.4) is 0 Å². The van der Waals surface area contributed by atoms with Gasteiger partial charge in [0, 0.05) is 17.1 Å². The third kappa shape index (κ3) is 1.90. The van der Waals surface area contributed by atoms with Crippen molar-refractivity contribution < 1.29 is 0 Å². The van der Waals surface area contributed by atoms with Crippen LogP contribution in [0.15, 0.2) is 6.20 Å². The Morgan fingerprint density at radius 2 is 2.62 bits per heavy atom. The van der Waals surface area contributed by atoms with E-state index >= 15 is 0 Å². The molecule has 1 aliphatic heterocycles. The van der Waals surface area contributed by atoms with E-state index in [2.05, 4.69) is 10.3 Å². The van der Waals surface area contributed by atoms with Gasteiger partial charge in [-0.15, -0.1) is 11.3 Å². The summed E-state index contributed by atoms with van der Waals surface area (Å²) >= 11 is 1.74. The first kappa shape index (κ1) is 9.12. The monoisotopic (exact) mass is 197 g/mol. The van der Waals surface area contributed by atoms with Gasteiger partial charge in [0.1, 0.15) is 5.01 Å². The zero-order valence-corrected chi connectivity index (χ0v) is 8.60. The molecule has 3 N–H and O–H groups in total. The molecule has 0 saturated carbocycles. The van der Waals surface area contributed by atoms with Crippen molar-refractivity contribution in [1.29, 1.82) is 0 Å². The van der Waals surface area contributed by atoms with Crippen molar-refractivity contribution in [1.82, 2.24) is 10.3 Å². The quantitative estimate of drug-likeness (QED) is 0.757. The van der Waals surface area contributed by atoms with Gasteiger partial charge in [0.05, 0.1) is 6.04 Å². The van der Waals surface area contributed by atoms with Gasteiger partial charge in [0.25, 0.3) is 0 Å². The fourth-order valence-electron chi connectivity index (χ4n) is 1.57. The lowest BCUT2D eigenvalue weighted by Crippen LogP contribution is -2.12. The number of nitrogens with one attached hydrogen (secondary N) is 1. The van der Waals surface area contributed by atoms with E-state index in [1.165, 1.54) is 22.7 Å². The number of thiazole rings is 1. The van der Waals surface area contributed by atoms with Crippen molar-refractivity contribution in [3.63, 3.8) is 0 Å². The highest BCUT2D eigenvalue weighted by molar-refractivity contribution is 7.11. The maximum atomic E-state index is 5.78. The summed E-state index contributed by atoms with van der Waals surface area (Å²) in [5.74, 6) is 0. The number of hydrogen-bond donors (Lipinski definition) is 2. The van der Waals surface area contributed by atoms with Crippen LogP contribution in [-0.4, -0.2) is 11.5 Å². The van der Waals surface area contributed by atoms with Gasteiger partial charge in [0.15, 0.2) is 0 Å². The lowest BCUT2D eigenvalue weighted by molar-refractivity contribution is 0.643. The van der Waals surface area contributed by atoms with Crippen LogP contribution in [0.4, 0.5) is 0 Å². The lowest BCUT2D eigenvalue weighted by atomic mass is 10.2. The molecule has 1 aromatic heterocycles. The maximum absolute atomic E-state index is 5.78. The summed E-state index contributed by atoms with van der Waals surface area (Å²) in [6, 6.07) is 0.602. The summed E-state index contributed by atoms with van der Waals surface area (Å²) in [5, 5.41) is 4.63. The first-order valence-electron chi connectivity index (χ1n) is 4.72. The van der Waals surface area contributed by atoms with Gasteiger partial charge in [-0.25, -0.2) is 4.98 Å². The molecular formula is C9H15N3S. The number of hydrogen-bond acceptors (Lipinski definition) is 4. The molecule has 13 heavy (non-hydrogen) atoms. The summed E-state index contributed by atoms with van der Waals surface area (Å²) in [6.45, 7) is 3.12. The van der Waals surface area contributed by atoms with Crippen LogP contribution in [0, 0.1) is 0 Å². The van der Waals surface area contributed by atoms with Gasteiger partial charge in [-0.05, 0) is 26.3 Å². The van der Waals surface area contributed by atoms with Gasteiger partial charge in [-0.2, -0.15) is 0 Å². The highest BCUT2D eigenvalue weighted by atomic mass is 32.1. The molecule has 72 valence electrons. The zero-order chi connectivity index (χ0) is 9.26. The molecule has 0 aliphatic carbocycles. The van der Waals surface area contributed by atoms with Crippen LogP contribution >= 0.6 is 11.3 Å². The molecule has 3 nitrogen and oxygen atoms in total. The molecular weight excluding hydrogens is 182 g/mol. The molecule has 1 aliphatic rings. The van der Waals surface area contributed by atoms with Crippen LogP contribution in [0.2, 0.25) is 0 Å². The van der Waals surface area contributed by atoms with E-state index in [4.69, 9.17) is 5.73 Å². The highest BCUT2D eigenvalue weighted by Crippen LogP contribution is 2.28. The van der Waals surface area contributed by atoms with Crippen LogP contribution in [-0.2, 0) is 0 Å². The molecule has 1 saturated heterocycles. The Labute approximate surface area is 82.4 Å². The standard InChI is InChI=1S/C9H15N3S/c1-6(10)8-5-12-9(13-8)7-3-2-4-11-7/h5-7,11H,2-4,10H2,1H3. The Morgan fingerprint density at radius 1 is 1.77 bits per heavy atom. The van der Waals surface area contributed by atoms with E-state index in [1.54, 1.807) is 11.3 Å². The van der Waals surface area contributed by atoms with Crippen molar-refractivity contribution in [3.05, 3.63) is 16.1 Å². The molecule has 2 atom stereocenters. The molecule has 1 aromatic rings. The molecule has 4 heteroatoms. The highest BCUT2D eigenvalue weighted by Gasteiger charge is 2.19. The largest absolute Gasteiger partial charge is 0.323 e. The van der Waals surface area contributed by atoms with E-state index < -0.39 is 0 Å². The molecule has 0 bridgehead atoms. The number of aromatic nitrogens is 1. The Kier molecular flexibility index (Phi) is 2.62. The Hall–Kier alpha value is -0.450. The zero-order valence-electron chi connectivity index (χ0n) is 7.79. The Bertz CT molecular complexity index is 276. The second-order valence-electron chi connectivity index (χ2n) is 3.54. The second-order valence-corrected chi connectivity index (χ2v) is 4.63. The fraction of sp³-hybridized carbons (Fsp3) is 0.667. The maximum Gasteiger partial charge on any atom is 0.110 e. The Balaban J connectivity index is 2.12. The summed E-state index contributed by atoms with van der Waals surface area (Å²) in [5.41, 5.74) is 5.78. The summed E-state index contributed by atoms with van der Waals surface area (Å²) in [6.07, 6.45) is 4.38. The smallest absolute Gasteiger partial charge is 0.110 e. The molecule has 1 fully saturated rings. The van der Waals surface area contributed by atoms with Gasteiger partial charge in [-0.3, -0.25) is 0 Å². The van der Waals surface area contributed by atoms with E-state index in [1.807, 2.05) is 13.1 Å². The van der Waals surface area contributed by atoms with Crippen LogP contribution < -0.4 is 11.1 Å². The molecule has 0 radical (unpaired) electrons. The predicted molar refractivity (Wildman–Crippen MR) is 54.7 cm³/mol. The van der Waals surface area contributed by atoms with Crippen molar-refractivity contribution >= 4 is 11.3 Å². The van der Waals surface area contributed by atoms with Crippen molar-refractivity contribution in [2.45, 2.75) is 31.8 Å². The minimum atomic E-state index is 0.118. The predicted octanol–water partition coefficient (Wildman–Crippen LogP) is 1.59. The first-order valence-corrected chi connectivity index (χ1v) is 5.53. The number of nitrogens with two attached hydrogens (primary N) is 1. The molecule has 0 spiro atoms. The summed E-state index contributed by atoms with van der Waals surface area (Å²) in [7, 11) is 0. The third-order valence-corrected chi connectivity index (χ3v) is 3.66. The van der Waals surface area contributed by atoms with Gasteiger partial charge < -0.3 is 11.1 Å².